The van der Waals surface area contributed by atoms with Crippen molar-refractivity contribution in [3.05, 3.63) is 109 Å². The molecule has 1 aliphatic heterocycles. The zero-order chi connectivity index (χ0) is 23.5. The summed E-state index contributed by atoms with van der Waals surface area (Å²) in [7, 11) is 0. The number of carbonyl (C=O) groups is 1. The van der Waals surface area contributed by atoms with Crippen molar-refractivity contribution in [3.63, 3.8) is 0 Å². The summed E-state index contributed by atoms with van der Waals surface area (Å²) >= 11 is 1.10. The molecule has 0 spiro atoms. The molecule has 4 aromatic rings. The summed E-state index contributed by atoms with van der Waals surface area (Å²) in [5.74, 6) is 0.787. The number of Topliss-reactive ketones (excluding diaryl/α,β-unsaturated/α-hetero) is 1. The standard InChI is InChI=1S/C26H17N3O4S/c27-14-20(24(30)18-6-2-1-3-7-18)26-29(15-17-9-10-21-22(12-17)33-16-32-21)25(31)23(34-26)13-19-8-4-5-11-28-19/h1-13H,15-16H2/b23-13-,26-20-. The van der Waals surface area contributed by atoms with Crippen LogP contribution < -0.4 is 24.2 Å². The predicted octanol–water partition coefficient (Wildman–Crippen LogP) is 2.47. The van der Waals surface area contributed by atoms with Crippen LogP contribution in [0.4, 0.5) is 0 Å². The molecule has 166 valence electrons. The Labute approximate surface area is 198 Å². The van der Waals surface area contributed by atoms with Crippen LogP contribution in [0.3, 0.4) is 0 Å². The fraction of sp³-hybridized carbons (Fsp3) is 0.0769. The number of ketones is 1. The molecule has 1 aliphatic rings. The number of hydrogen-bond donors (Lipinski definition) is 0. The molecule has 0 amide bonds. The van der Waals surface area contributed by atoms with Gasteiger partial charge in [0.15, 0.2) is 11.5 Å². The lowest BCUT2D eigenvalue weighted by molar-refractivity contribution is 0.105. The first-order chi connectivity index (χ1) is 16.6. The van der Waals surface area contributed by atoms with Crippen molar-refractivity contribution >= 4 is 28.8 Å². The minimum atomic E-state index is -0.437. The van der Waals surface area contributed by atoms with E-state index in [1.54, 1.807) is 66.9 Å². The van der Waals surface area contributed by atoms with Crippen LogP contribution in [0.2, 0.25) is 0 Å². The van der Waals surface area contributed by atoms with E-state index in [9.17, 15) is 14.9 Å². The molecule has 8 heteroatoms. The molecule has 0 saturated heterocycles. The molecule has 0 N–H and O–H groups in total. The minimum Gasteiger partial charge on any atom is -0.454 e. The Morgan fingerprint density at radius 1 is 1.09 bits per heavy atom. The van der Waals surface area contributed by atoms with Crippen LogP contribution in [0.25, 0.3) is 11.6 Å². The van der Waals surface area contributed by atoms with Crippen molar-refractivity contribution < 1.29 is 14.3 Å². The molecule has 0 saturated carbocycles. The van der Waals surface area contributed by atoms with Gasteiger partial charge in [0.2, 0.25) is 12.6 Å². The highest BCUT2D eigenvalue weighted by molar-refractivity contribution is 7.07. The third kappa shape index (κ3) is 4.12. The molecule has 0 unspecified atom stereocenters. The van der Waals surface area contributed by atoms with Crippen LogP contribution in [-0.4, -0.2) is 22.1 Å². The van der Waals surface area contributed by atoms with E-state index in [1.807, 2.05) is 18.2 Å². The number of hydrogen-bond acceptors (Lipinski definition) is 7. The summed E-state index contributed by atoms with van der Waals surface area (Å²) in [5.41, 5.74) is 1.37. The fourth-order valence-electron chi connectivity index (χ4n) is 3.60. The zero-order valence-corrected chi connectivity index (χ0v) is 18.6. The van der Waals surface area contributed by atoms with Crippen LogP contribution in [0, 0.1) is 11.3 Å². The zero-order valence-electron chi connectivity index (χ0n) is 17.8. The van der Waals surface area contributed by atoms with Crippen molar-refractivity contribution in [2.75, 3.05) is 6.79 Å². The van der Waals surface area contributed by atoms with Crippen LogP contribution in [0.1, 0.15) is 21.6 Å². The Balaban J connectivity index is 1.71. The number of fused-ring (bicyclic) bond motifs is 1. The van der Waals surface area contributed by atoms with E-state index in [4.69, 9.17) is 9.47 Å². The molecule has 5 rings (SSSR count). The molecule has 34 heavy (non-hydrogen) atoms. The molecule has 2 aromatic carbocycles. The topological polar surface area (TPSA) is 94.2 Å². The summed E-state index contributed by atoms with van der Waals surface area (Å²) < 4.78 is 12.9. The van der Waals surface area contributed by atoms with Gasteiger partial charge in [-0.3, -0.25) is 19.1 Å². The van der Waals surface area contributed by atoms with Gasteiger partial charge in [-0.05, 0) is 35.9 Å². The maximum absolute atomic E-state index is 13.4. The van der Waals surface area contributed by atoms with E-state index >= 15 is 0 Å². The number of pyridine rings is 1. The SMILES string of the molecule is N#C/C(C(=O)c1ccccc1)=c1/s/c(=C\c2ccccn2)c(=O)n1Cc1ccc2c(c1)OCO2. The molecule has 2 aromatic heterocycles. The van der Waals surface area contributed by atoms with Crippen molar-refractivity contribution in [1.82, 2.24) is 9.55 Å². The lowest BCUT2D eigenvalue weighted by atomic mass is 10.1. The Morgan fingerprint density at radius 3 is 2.65 bits per heavy atom. The van der Waals surface area contributed by atoms with Crippen molar-refractivity contribution in [3.8, 4) is 17.6 Å². The number of rotatable bonds is 5. The van der Waals surface area contributed by atoms with Gasteiger partial charge < -0.3 is 9.47 Å². The first-order valence-corrected chi connectivity index (χ1v) is 11.2. The molecular formula is C26H17N3O4S. The number of nitriles is 1. The monoisotopic (exact) mass is 467 g/mol. The van der Waals surface area contributed by atoms with Gasteiger partial charge in [-0.25, -0.2) is 0 Å². The highest BCUT2D eigenvalue weighted by atomic mass is 32.1. The van der Waals surface area contributed by atoms with Crippen molar-refractivity contribution in [1.29, 1.82) is 5.26 Å². The molecule has 0 fully saturated rings. The number of ether oxygens (including phenoxy) is 2. The second kappa shape index (κ2) is 9.17. The Kier molecular flexibility index (Phi) is 5.77. The molecule has 0 bridgehead atoms. The predicted molar refractivity (Wildman–Crippen MR) is 127 cm³/mol. The first kappa shape index (κ1) is 21.4. The normalized spacial score (nSPS) is 13.4. The van der Waals surface area contributed by atoms with Gasteiger partial charge >= 0.3 is 0 Å². The van der Waals surface area contributed by atoms with Crippen LogP contribution in [0.5, 0.6) is 11.5 Å². The average Bonchev–Trinajstić information content (AvgIpc) is 3.46. The highest BCUT2D eigenvalue weighted by Gasteiger charge is 2.19. The van der Waals surface area contributed by atoms with Crippen molar-refractivity contribution in [2.45, 2.75) is 6.54 Å². The van der Waals surface area contributed by atoms with Gasteiger partial charge in [0.25, 0.3) is 5.56 Å². The summed E-state index contributed by atoms with van der Waals surface area (Å²) in [6.45, 7) is 0.300. The average molecular weight is 468 g/mol. The van der Waals surface area contributed by atoms with Crippen LogP contribution >= 0.6 is 11.3 Å². The Morgan fingerprint density at radius 2 is 1.88 bits per heavy atom. The number of carbonyl (C=O) groups excluding carboxylic acids is 1. The molecule has 0 aliphatic carbocycles. The third-order valence-corrected chi connectivity index (χ3v) is 6.37. The smallest absolute Gasteiger partial charge is 0.269 e. The van der Waals surface area contributed by atoms with E-state index < -0.39 is 5.78 Å². The van der Waals surface area contributed by atoms with Gasteiger partial charge in [-0.2, -0.15) is 5.26 Å². The van der Waals surface area contributed by atoms with Gasteiger partial charge in [-0.1, -0.05) is 42.5 Å². The number of aromatic nitrogens is 2. The molecule has 0 radical (unpaired) electrons. The van der Waals surface area contributed by atoms with Crippen LogP contribution in [0.15, 0.2) is 77.7 Å². The van der Waals surface area contributed by atoms with E-state index in [0.29, 0.717) is 32.0 Å². The Hall–Kier alpha value is -4.48. The van der Waals surface area contributed by atoms with Gasteiger partial charge in [0, 0.05) is 11.8 Å². The van der Waals surface area contributed by atoms with Crippen LogP contribution in [-0.2, 0) is 6.54 Å². The van der Waals surface area contributed by atoms with E-state index in [0.717, 1.165) is 16.9 Å². The lowest BCUT2D eigenvalue weighted by Crippen LogP contribution is -2.33. The van der Waals surface area contributed by atoms with Crippen molar-refractivity contribution in [2.24, 2.45) is 0 Å². The Bertz CT molecular complexity index is 1600. The summed E-state index contributed by atoms with van der Waals surface area (Å²) in [6.07, 6.45) is 3.30. The quantitative estimate of drug-likeness (QED) is 0.419. The summed E-state index contributed by atoms with van der Waals surface area (Å²) in [4.78, 5) is 30.9. The second-order valence-corrected chi connectivity index (χ2v) is 8.46. The minimum absolute atomic E-state index is 0.0882. The van der Waals surface area contributed by atoms with Gasteiger partial charge in [0.1, 0.15) is 16.3 Å². The maximum atomic E-state index is 13.4. The molecular weight excluding hydrogens is 450 g/mol. The number of thiazole rings is 1. The third-order valence-electron chi connectivity index (χ3n) is 5.24. The van der Waals surface area contributed by atoms with Gasteiger partial charge in [0.05, 0.1) is 16.8 Å². The summed E-state index contributed by atoms with van der Waals surface area (Å²) in [6, 6.07) is 21.4. The van der Waals surface area contributed by atoms with E-state index in [-0.39, 0.29) is 24.5 Å². The highest BCUT2D eigenvalue weighted by Crippen LogP contribution is 2.32. The number of benzene rings is 2. The summed E-state index contributed by atoms with van der Waals surface area (Å²) in [5, 5.41) is 9.94. The number of nitrogens with zero attached hydrogens (tertiary/aromatic N) is 3. The van der Waals surface area contributed by atoms with Gasteiger partial charge in [-0.15, -0.1) is 11.3 Å². The first-order valence-electron chi connectivity index (χ1n) is 10.4. The molecule has 0 atom stereocenters. The van der Waals surface area contributed by atoms with E-state index in [2.05, 4.69) is 4.98 Å². The largest absolute Gasteiger partial charge is 0.454 e. The molecule has 3 heterocycles. The molecule has 7 nitrogen and oxygen atoms in total. The maximum Gasteiger partial charge on any atom is 0.269 e. The second-order valence-electron chi connectivity index (χ2n) is 7.43. The lowest BCUT2D eigenvalue weighted by Gasteiger charge is -2.06. The fourth-order valence-corrected chi connectivity index (χ4v) is 4.68. The van der Waals surface area contributed by atoms with E-state index in [1.165, 1.54) is 4.57 Å².